The molecule has 110 valence electrons. The Hall–Kier alpha value is -1.47. The number of rotatable bonds is 3. The Morgan fingerprint density at radius 2 is 2.00 bits per heavy atom. The number of carbonyl (C=O) groups excluding carboxylic acids is 1. The molecule has 1 aliphatic heterocycles. The SMILES string of the molecule is CCN(CC(F)(F)F)C(=O)N1CCCCC1C(=O)O. The highest BCUT2D eigenvalue weighted by Crippen LogP contribution is 2.22. The quantitative estimate of drug-likeness (QED) is 0.860. The van der Waals surface area contributed by atoms with Crippen LogP contribution in [0.2, 0.25) is 0 Å². The minimum Gasteiger partial charge on any atom is -0.480 e. The van der Waals surface area contributed by atoms with E-state index in [-0.39, 0.29) is 19.5 Å². The topological polar surface area (TPSA) is 60.9 Å². The average Bonchev–Trinajstić information content (AvgIpc) is 2.34. The van der Waals surface area contributed by atoms with Crippen molar-refractivity contribution in [1.29, 1.82) is 0 Å². The Labute approximate surface area is 109 Å². The van der Waals surface area contributed by atoms with Crippen molar-refractivity contribution >= 4 is 12.0 Å². The molecule has 0 bridgehead atoms. The standard InChI is InChI=1S/C11H17F3N2O3/c1-2-15(7-11(12,13)14)10(19)16-6-4-3-5-8(16)9(17)18/h8H,2-7H2,1H3,(H,17,18). The van der Waals surface area contributed by atoms with Gasteiger partial charge in [-0.25, -0.2) is 9.59 Å². The number of carboxylic acids is 1. The molecule has 8 heteroatoms. The molecule has 0 radical (unpaired) electrons. The van der Waals surface area contributed by atoms with Crippen LogP contribution in [0.4, 0.5) is 18.0 Å². The summed E-state index contributed by atoms with van der Waals surface area (Å²) in [5.74, 6) is -1.17. The molecule has 1 heterocycles. The Morgan fingerprint density at radius 3 is 2.47 bits per heavy atom. The number of hydrogen-bond acceptors (Lipinski definition) is 2. The van der Waals surface area contributed by atoms with Gasteiger partial charge in [0.25, 0.3) is 0 Å². The second kappa shape index (κ2) is 6.12. The van der Waals surface area contributed by atoms with Gasteiger partial charge in [-0.3, -0.25) is 0 Å². The van der Waals surface area contributed by atoms with E-state index < -0.39 is 30.8 Å². The van der Waals surface area contributed by atoms with Gasteiger partial charge >= 0.3 is 18.2 Å². The van der Waals surface area contributed by atoms with Gasteiger partial charge in [-0.1, -0.05) is 0 Å². The second-order valence-corrected chi connectivity index (χ2v) is 4.46. The average molecular weight is 282 g/mol. The molecule has 1 unspecified atom stereocenters. The number of amides is 2. The zero-order chi connectivity index (χ0) is 14.6. The van der Waals surface area contributed by atoms with Crippen molar-refractivity contribution in [3.63, 3.8) is 0 Å². The highest BCUT2D eigenvalue weighted by molar-refractivity contribution is 5.83. The molecule has 1 saturated heterocycles. The van der Waals surface area contributed by atoms with E-state index in [0.717, 1.165) is 4.90 Å². The zero-order valence-corrected chi connectivity index (χ0v) is 10.6. The van der Waals surface area contributed by atoms with Crippen LogP contribution in [-0.2, 0) is 4.79 Å². The summed E-state index contributed by atoms with van der Waals surface area (Å²) in [6.45, 7) is 0.153. The van der Waals surface area contributed by atoms with Crippen molar-refractivity contribution in [3.05, 3.63) is 0 Å². The van der Waals surface area contributed by atoms with E-state index in [0.29, 0.717) is 17.7 Å². The van der Waals surface area contributed by atoms with Crippen LogP contribution >= 0.6 is 0 Å². The number of carbonyl (C=O) groups is 2. The van der Waals surface area contributed by atoms with Crippen LogP contribution in [0.25, 0.3) is 0 Å². The monoisotopic (exact) mass is 282 g/mol. The number of alkyl halides is 3. The van der Waals surface area contributed by atoms with Crippen molar-refractivity contribution in [2.45, 2.75) is 38.4 Å². The minimum absolute atomic E-state index is 0.110. The molecule has 0 aromatic rings. The number of carboxylic acid groups (broad SMARTS) is 1. The summed E-state index contributed by atoms with van der Waals surface area (Å²) in [7, 11) is 0. The van der Waals surface area contributed by atoms with Gasteiger partial charge in [-0.05, 0) is 26.2 Å². The molecule has 1 fully saturated rings. The van der Waals surface area contributed by atoms with E-state index in [1.54, 1.807) is 0 Å². The summed E-state index contributed by atoms with van der Waals surface area (Å²) in [6.07, 6.45) is -2.93. The molecular formula is C11H17F3N2O3. The maximum atomic E-state index is 12.3. The molecule has 1 atom stereocenters. The Morgan fingerprint density at radius 1 is 1.37 bits per heavy atom. The zero-order valence-electron chi connectivity index (χ0n) is 10.6. The number of hydrogen-bond donors (Lipinski definition) is 1. The number of piperidine rings is 1. The normalized spacial score (nSPS) is 20.2. The van der Waals surface area contributed by atoms with Crippen LogP contribution in [0.3, 0.4) is 0 Å². The number of aliphatic carboxylic acids is 1. The van der Waals surface area contributed by atoms with E-state index in [2.05, 4.69) is 0 Å². The van der Waals surface area contributed by atoms with E-state index >= 15 is 0 Å². The summed E-state index contributed by atoms with van der Waals surface area (Å²) < 4.78 is 37.0. The molecule has 0 aliphatic carbocycles. The lowest BCUT2D eigenvalue weighted by atomic mass is 10.0. The molecule has 0 aromatic heterocycles. The molecule has 5 nitrogen and oxygen atoms in total. The van der Waals surface area contributed by atoms with Crippen LogP contribution in [0.5, 0.6) is 0 Å². The minimum atomic E-state index is -4.49. The lowest BCUT2D eigenvalue weighted by molar-refractivity contribution is -0.145. The van der Waals surface area contributed by atoms with Crippen LogP contribution in [-0.4, -0.2) is 58.8 Å². The van der Waals surface area contributed by atoms with Crippen molar-refractivity contribution in [2.24, 2.45) is 0 Å². The van der Waals surface area contributed by atoms with Gasteiger partial charge in [0.05, 0.1) is 0 Å². The van der Waals surface area contributed by atoms with Crippen LogP contribution in [0, 0.1) is 0 Å². The first-order valence-corrected chi connectivity index (χ1v) is 6.11. The number of likely N-dealkylation sites (tertiary alicyclic amines) is 1. The number of urea groups is 1. The first kappa shape index (κ1) is 15.6. The van der Waals surface area contributed by atoms with Crippen LogP contribution < -0.4 is 0 Å². The van der Waals surface area contributed by atoms with Gasteiger partial charge in [-0.2, -0.15) is 13.2 Å². The van der Waals surface area contributed by atoms with Gasteiger partial charge in [0.15, 0.2) is 0 Å². The molecule has 1 rings (SSSR count). The maximum absolute atomic E-state index is 12.3. The Bertz CT molecular complexity index is 347. The van der Waals surface area contributed by atoms with Crippen molar-refractivity contribution in [1.82, 2.24) is 9.80 Å². The summed E-state index contributed by atoms with van der Waals surface area (Å²) in [6, 6.07) is -1.88. The summed E-state index contributed by atoms with van der Waals surface area (Å²) in [5, 5.41) is 9.01. The van der Waals surface area contributed by atoms with Gasteiger partial charge in [0.1, 0.15) is 12.6 Å². The lowest BCUT2D eigenvalue weighted by Gasteiger charge is -2.36. The van der Waals surface area contributed by atoms with Gasteiger partial charge in [0.2, 0.25) is 0 Å². The maximum Gasteiger partial charge on any atom is 0.406 e. The van der Waals surface area contributed by atoms with Crippen molar-refractivity contribution in [2.75, 3.05) is 19.6 Å². The highest BCUT2D eigenvalue weighted by atomic mass is 19.4. The third kappa shape index (κ3) is 4.29. The highest BCUT2D eigenvalue weighted by Gasteiger charge is 2.38. The molecule has 0 spiro atoms. The molecule has 2 amide bonds. The second-order valence-electron chi connectivity index (χ2n) is 4.46. The van der Waals surface area contributed by atoms with Crippen LogP contribution in [0.1, 0.15) is 26.2 Å². The molecule has 19 heavy (non-hydrogen) atoms. The predicted molar refractivity (Wildman–Crippen MR) is 60.7 cm³/mol. The summed E-state index contributed by atoms with van der Waals surface area (Å²) in [5.41, 5.74) is 0. The Kier molecular flexibility index (Phi) is 5.02. The van der Waals surface area contributed by atoms with Crippen LogP contribution in [0.15, 0.2) is 0 Å². The Balaban J connectivity index is 2.79. The molecule has 0 saturated carbocycles. The predicted octanol–water partition coefficient (Wildman–Crippen LogP) is 1.93. The fourth-order valence-electron chi connectivity index (χ4n) is 2.13. The van der Waals surface area contributed by atoms with Gasteiger partial charge in [0, 0.05) is 13.1 Å². The smallest absolute Gasteiger partial charge is 0.406 e. The summed E-state index contributed by atoms with van der Waals surface area (Å²) >= 11 is 0. The van der Waals surface area contributed by atoms with Gasteiger partial charge in [-0.15, -0.1) is 0 Å². The third-order valence-electron chi connectivity index (χ3n) is 3.06. The van der Waals surface area contributed by atoms with Crippen molar-refractivity contribution in [3.8, 4) is 0 Å². The molecule has 1 aliphatic rings. The number of nitrogens with zero attached hydrogens (tertiary/aromatic N) is 2. The molecule has 0 aromatic carbocycles. The first-order chi connectivity index (χ1) is 8.76. The van der Waals surface area contributed by atoms with E-state index in [1.165, 1.54) is 6.92 Å². The first-order valence-electron chi connectivity index (χ1n) is 6.11. The fraction of sp³-hybridized carbons (Fsp3) is 0.818. The van der Waals surface area contributed by atoms with Gasteiger partial charge < -0.3 is 14.9 Å². The lowest BCUT2D eigenvalue weighted by Crippen LogP contribution is -2.54. The molecule has 1 N–H and O–H groups in total. The van der Waals surface area contributed by atoms with Crippen molar-refractivity contribution < 1.29 is 27.9 Å². The number of halogens is 3. The third-order valence-corrected chi connectivity index (χ3v) is 3.06. The van der Waals surface area contributed by atoms with E-state index in [1.807, 2.05) is 0 Å². The molecular weight excluding hydrogens is 265 g/mol. The van der Waals surface area contributed by atoms with E-state index in [9.17, 15) is 22.8 Å². The largest absolute Gasteiger partial charge is 0.480 e. The van der Waals surface area contributed by atoms with E-state index in [4.69, 9.17) is 5.11 Å². The fourth-order valence-corrected chi connectivity index (χ4v) is 2.13. The summed E-state index contributed by atoms with van der Waals surface area (Å²) in [4.78, 5) is 24.7.